The second-order valence-electron chi connectivity index (χ2n) is 5.32. The number of aliphatic hydroxyl groups is 3. The van der Waals surface area contributed by atoms with Gasteiger partial charge < -0.3 is 15.3 Å². The second kappa shape index (κ2) is 7.20. The van der Waals surface area contributed by atoms with Gasteiger partial charge in [0.1, 0.15) is 0 Å². The summed E-state index contributed by atoms with van der Waals surface area (Å²) in [6, 6.07) is 0. The lowest BCUT2D eigenvalue weighted by molar-refractivity contribution is 0.0725. The molecule has 0 atom stereocenters. The van der Waals surface area contributed by atoms with Crippen molar-refractivity contribution in [2.24, 2.45) is 11.3 Å². The van der Waals surface area contributed by atoms with Crippen molar-refractivity contribution in [2.75, 3.05) is 13.2 Å². The van der Waals surface area contributed by atoms with Crippen LogP contribution in [0.1, 0.15) is 46.5 Å². The fraction of sp³-hybridized carbons (Fsp3) is 1.00. The van der Waals surface area contributed by atoms with Gasteiger partial charge in [0.05, 0.1) is 19.3 Å². The van der Waals surface area contributed by atoms with Crippen molar-refractivity contribution in [1.82, 2.24) is 0 Å². The molecule has 0 unspecified atom stereocenters. The summed E-state index contributed by atoms with van der Waals surface area (Å²) in [6.07, 6.45) is 4.45. The minimum absolute atomic E-state index is 0.00593. The van der Waals surface area contributed by atoms with E-state index in [4.69, 9.17) is 10.2 Å². The van der Waals surface area contributed by atoms with Crippen molar-refractivity contribution in [3.63, 3.8) is 0 Å². The van der Waals surface area contributed by atoms with Crippen LogP contribution in [0.25, 0.3) is 0 Å². The van der Waals surface area contributed by atoms with Crippen molar-refractivity contribution < 1.29 is 15.3 Å². The van der Waals surface area contributed by atoms with E-state index in [2.05, 4.69) is 20.8 Å². The van der Waals surface area contributed by atoms with E-state index in [1.54, 1.807) is 0 Å². The SMILES string of the molecule is CC(C)(C)C1CCC(O)CC1.OCCO. The predicted octanol–water partition coefficient (Wildman–Crippen LogP) is 1.55. The van der Waals surface area contributed by atoms with Crippen molar-refractivity contribution in [3.8, 4) is 0 Å². The lowest BCUT2D eigenvalue weighted by Gasteiger charge is -2.35. The van der Waals surface area contributed by atoms with Gasteiger partial charge in [-0.2, -0.15) is 0 Å². The standard InChI is InChI=1S/C10H20O.C2H6O2/c1-10(2,3)8-4-6-9(11)7-5-8;3-1-2-4/h8-9,11H,4-7H2,1-3H3;3-4H,1-2H2. The molecule has 0 aromatic rings. The zero-order valence-electron chi connectivity index (χ0n) is 10.2. The summed E-state index contributed by atoms with van der Waals surface area (Å²) in [7, 11) is 0. The highest BCUT2D eigenvalue weighted by Gasteiger charge is 2.28. The maximum Gasteiger partial charge on any atom is 0.0662 e. The summed E-state index contributed by atoms with van der Waals surface area (Å²) in [5, 5.41) is 24.5. The lowest BCUT2D eigenvalue weighted by atomic mass is 9.72. The summed E-state index contributed by atoms with van der Waals surface area (Å²) in [4.78, 5) is 0. The Morgan fingerprint density at radius 2 is 1.33 bits per heavy atom. The van der Waals surface area contributed by atoms with Crippen LogP contribution in [0.4, 0.5) is 0 Å². The van der Waals surface area contributed by atoms with E-state index in [-0.39, 0.29) is 19.3 Å². The van der Waals surface area contributed by atoms with Crippen LogP contribution < -0.4 is 0 Å². The van der Waals surface area contributed by atoms with E-state index in [0.717, 1.165) is 18.8 Å². The van der Waals surface area contributed by atoms with Gasteiger partial charge in [0.2, 0.25) is 0 Å². The minimum Gasteiger partial charge on any atom is -0.394 e. The molecule has 0 aliphatic heterocycles. The summed E-state index contributed by atoms with van der Waals surface area (Å²) >= 11 is 0. The molecule has 0 amide bonds. The van der Waals surface area contributed by atoms with Gasteiger partial charge in [-0.25, -0.2) is 0 Å². The molecule has 1 aliphatic rings. The van der Waals surface area contributed by atoms with Crippen LogP contribution in [-0.2, 0) is 0 Å². The lowest BCUT2D eigenvalue weighted by Crippen LogP contribution is -2.27. The summed E-state index contributed by atoms with van der Waals surface area (Å²) in [5.74, 6) is 0.825. The molecule has 0 spiro atoms. The monoisotopic (exact) mass is 218 g/mol. The molecular formula is C12H26O3. The predicted molar refractivity (Wildman–Crippen MR) is 61.6 cm³/mol. The van der Waals surface area contributed by atoms with E-state index >= 15 is 0 Å². The Bertz CT molecular complexity index is 141. The van der Waals surface area contributed by atoms with Gasteiger partial charge >= 0.3 is 0 Å². The van der Waals surface area contributed by atoms with E-state index < -0.39 is 0 Å². The molecule has 0 heterocycles. The maximum atomic E-state index is 9.29. The molecule has 1 fully saturated rings. The second-order valence-corrected chi connectivity index (χ2v) is 5.32. The van der Waals surface area contributed by atoms with Gasteiger partial charge in [-0.3, -0.25) is 0 Å². The van der Waals surface area contributed by atoms with Gasteiger partial charge in [0, 0.05) is 0 Å². The van der Waals surface area contributed by atoms with Gasteiger partial charge in [-0.1, -0.05) is 20.8 Å². The molecule has 0 aromatic heterocycles. The number of rotatable bonds is 1. The van der Waals surface area contributed by atoms with Crippen molar-refractivity contribution in [3.05, 3.63) is 0 Å². The van der Waals surface area contributed by atoms with E-state index in [0.29, 0.717) is 5.41 Å². The molecule has 3 heteroatoms. The van der Waals surface area contributed by atoms with Crippen LogP contribution in [-0.4, -0.2) is 34.6 Å². The third-order valence-electron chi connectivity index (χ3n) is 3.02. The number of hydrogen-bond acceptors (Lipinski definition) is 3. The molecule has 1 saturated carbocycles. The van der Waals surface area contributed by atoms with Crippen LogP contribution in [0.2, 0.25) is 0 Å². The molecule has 92 valence electrons. The Balaban J connectivity index is 0.000000423. The normalized spacial score (nSPS) is 26.8. The highest BCUT2D eigenvalue weighted by molar-refractivity contribution is 4.79. The molecule has 15 heavy (non-hydrogen) atoms. The Morgan fingerprint density at radius 1 is 0.933 bits per heavy atom. The molecule has 0 bridgehead atoms. The van der Waals surface area contributed by atoms with E-state index in [1.807, 2.05) is 0 Å². The van der Waals surface area contributed by atoms with E-state index in [1.165, 1.54) is 12.8 Å². The Labute approximate surface area is 93.1 Å². The number of aliphatic hydroxyl groups excluding tert-OH is 3. The van der Waals surface area contributed by atoms with Crippen LogP contribution in [0.5, 0.6) is 0 Å². The largest absolute Gasteiger partial charge is 0.394 e. The van der Waals surface area contributed by atoms with E-state index in [9.17, 15) is 5.11 Å². The molecule has 0 aromatic carbocycles. The molecule has 3 nitrogen and oxygen atoms in total. The molecule has 3 N–H and O–H groups in total. The fourth-order valence-electron chi connectivity index (χ4n) is 1.94. The number of hydrogen-bond donors (Lipinski definition) is 3. The third kappa shape index (κ3) is 6.88. The van der Waals surface area contributed by atoms with Crippen molar-refractivity contribution >= 4 is 0 Å². The minimum atomic E-state index is -0.125. The first-order chi connectivity index (χ1) is 6.91. The van der Waals surface area contributed by atoms with Crippen LogP contribution in [0.15, 0.2) is 0 Å². The average molecular weight is 218 g/mol. The zero-order valence-corrected chi connectivity index (χ0v) is 10.2. The summed E-state index contributed by atoms with van der Waals surface area (Å²) in [6.45, 7) is 6.65. The Morgan fingerprint density at radius 3 is 1.60 bits per heavy atom. The van der Waals surface area contributed by atoms with Gasteiger partial charge in [-0.15, -0.1) is 0 Å². The fourth-order valence-corrected chi connectivity index (χ4v) is 1.94. The molecule has 1 rings (SSSR count). The van der Waals surface area contributed by atoms with Crippen LogP contribution >= 0.6 is 0 Å². The van der Waals surface area contributed by atoms with Crippen molar-refractivity contribution in [1.29, 1.82) is 0 Å². The first-order valence-corrected chi connectivity index (χ1v) is 5.81. The maximum absolute atomic E-state index is 9.29. The average Bonchev–Trinajstić information content (AvgIpc) is 2.17. The highest BCUT2D eigenvalue weighted by atomic mass is 16.3. The molecule has 0 saturated heterocycles. The Kier molecular flexibility index (Phi) is 7.14. The smallest absolute Gasteiger partial charge is 0.0662 e. The zero-order chi connectivity index (χ0) is 11.9. The highest BCUT2D eigenvalue weighted by Crippen LogP contribution is 2.37. The van der Waals surface area contributed by atoms with Gasteiger partial charge in [-0.05, 0) is 37.0 Å². The first kappa shape index (κ1) is 14.9. The van der Waals surface area contributed by atoms with Crippen molar-refractivity contribution in [2.45, 2.75) is 52.6 Å². The molecule has 1 aliphatic carbocycles. The van der Waals surface area contributed by atoms with Gasteiger partial charge in [0.15, 0.2) is 0 Å². The quantitative estimate of drug-likeness (QED) is 0.626. The first-order valence-electron chi connectivity index (χ1n) is 5.81. The van der Waals surface area contributed by atoms with Gasteiger partial charge in [0.25, 0.3) is 0 Å². The molecule has 0 radical (unpaired) electrons. The van der Waals surface area contributed by atoms with Crippen LogP contribution in [0.3, 0.4) is 0 Å². The topological polar surface area (TPSA) is 60.7 Å². The van der Waals surface area contributed by atoms with Crippen LogP contribution in [0, 0.1) is 11.3 Å². The summed E-state index contributed by atoms with van der Waals surface area (Å²) < 4.78 is 0. The molecular weight excluding hydrogens is 192 g/mol. The Hall–Kier alpha value is -0.120. The third-order valence-corrected chi connectivity index (χ3v) is 3.02. The summed E-state index contributed by atoms with van der Waals surface area (Å²) in [5.41, 5.74) is 0.445.